The summed E-state index contributed by atoms with van der Waals surface area (Å²) >= 11 is 0. The van der Waals surface area contributed by atoms with Gasteiger partial charge in [-0.3, -0.25) is 0 Å². The molecular formula is C8H8N4. The van der Waals surface area contributed by atoms with Gasteiger partial charge in [0.25, 0.3) is 0 Å². The molecular weight excluding hydrogens is 152 g/mol. The molecule has 1 aromatic rings. The number of azo groups is 1. The third-order valence-corrected chi connectivity index (χ3v) is 1.72. The van der Waals surface area contributed by atoms with Gasteiger partial charge in [0.05, 0.1) is 12.2 Å². The molecule has 2 heterocycles. The molecule has 0 saturated carbocycles. The van der Waals surface area contributed by atoms with E-state index in [0.29, 0.717) is 6.54 Å². The van der Waals surface area contributed by atoms with Gasteiger partial charge >= 0.3 is 0 Å². The summed E-state index contributed by atoms with van der Waals surface area (Å²) in [5.74, 6) is 0.246. The topological polar surface area (TPSA) is 50.5 Å². The van der Waals surface area contributed by atoms with Gasteiger partial charge in [-0.05, 0) is 12.1 Å². The molecule has 0 spiro atoms. The van der Waals surface area contributed by atoms with E-state index >= 15 is 0 Å². The third kappa shape index (κ3) is 1.37. The zero-order valence-corrected chi connectivity index (χ0v) is 6.46. The zero-order valence-electron chi connectivity index (χ0n) is 6.46. The molecule has 12 heavy (non-hydrogen) atoms. The molecule has 0 aromatic carbocycles. The van der Waals surface area contributed by atoms with Gasteiger partial charge < -0.3 is 0 Å². The molecule has 1 unspecified atom stereocenters. The smallest absolute Gasteiger partial charge is 0.0723 e. The second-order valence-electron chi connectivity index (χ2n) is 2.54. The van der Waals surface area contributed by atoms with Crippen LogP contribution in [0.25, 0.3) is 0 Å². The Kier molecular flexibility index (Phi) is 1.90. The van der Waals surface area contributed by atoms with E-state index in [9.17, 15) is 0 Å². The molecule has 0 N–H and O–H groups in total. The second-order valence-corrected chi connectivity index (χ2v) is 2.54. The van der Waals surface area contributed by atoms with Crippen LogP contribution in [0.5, 0.6) is 0 Å². The summed E-state index contributed by atoms with van der Waals surface area (Å²) in [5.41, 5.74) is 0.951. The predicted octanol–water partition coefficient (Wildman–Crippen LogP) is 1.54. The van der Waals surface area contributed by atoms with Crippen LogP contribution in [0.1, 0.15) is 11.6 Å². The zero-order chi connectivity index (χ0) is 8.23. The first-order chi connectivity index (χ1) is 5.97. The van der Waals surface area contributed by atoms with E-state index in [2.05, 4.69) is 20.4 Å². The van der Waals surface area contributed by atoms with Crippen LogP contribution in [0.4, 0.5) is 0 Å². The highest BCUT2D eigenvalue weighted by molar-refractivity contribution is 5.15. The van der Waals surface area contributed by atoms with Crippen LogP contribution in [0, 0.1) is 0 Å². The van der Waals surface area contributed by atoms with Crippen molar-refractivity contribution in [2.45, 2.75) is 5.92 Å². The van der Waals surface area contributed by atoms with Crippen molar-refractivity contribution in [1.29, 1.82) is 0 Å². The molecule has 1 atom stereocenters. The van der Waals surface area contributed by atoms with Crippen molar-refractivity contribution in [3.8, 4) is 0 Å². The number of hydrogen-bond acceptors (Lipinski definition) is 4. The Bertz CT molecular complexity index is 304. The van der Waals surface area contributed by atoms with E-state index in [0.717, 1.165) is 5.69 Å². The summed E-state index contributed by atoms with van der Waals surface area (Å²) in [6.45, 7) is 0.676. The normalized spacial score (nSPS) is 21.2. The van der Waals surface area contributed by atoms with Crippen molar-refractivity contribution in [2.75, 3.05) is 6.54 Å². The van der Waals surface area contributed by atoms with Gasteiger partial charge in [0.15, 0.2) is 0 Å². The quantitative estimate of drug-likeness (QED) is 0.625. The Morgan fingerprint density at radius 1 is 1.42 bits per heavy atom. The van der Waals surface area contributed by atoms with E-state index in [1.165, 1.54) is 0 Å². The highest BCUT2D eigenvalue weighted by Gasteiger charge is 2.10. The molecule has 0 bridgehead atoms. The second kappa shape index (κ2) is 3.21. The lowest BCUT2D eigenvalue weighted by molar-refractivity contribution is 0.738. The summed E-state index contributed by atoms with van der Waals surface area (Å²) in [6.07, 6.45) is 5.34. The van der Waals surface area contributed by atoms with Gasteiger partial charge in [-0.25, -0.2) is 0 Å². The molecule has 0 amide bonds. The Balaban J connectivity index is 2.21. The Labute approximate surface area is 70.1 Å². The summed E-state index contributed by atoms with van der Waals surface area (Å²) in [7, 11) is 0. The molecule has 1 aliphatic heterocycles. The fraction of sp³-hybridized carbons (Fsp3) is 0.250. The van der Waals surface area contributed by atoms with Crippen molar-refractivity contribution < 1.29 is 0 Å². The van der Waals surface area contributed by atoms with Crippen LogP contribution in [0.15, 0.2) is 40.8 Å². The van der Waals surface area contributed by atoms with Crippen molar-refractivity contribution in [3.05, 3.63) is 36.3 Å². The SMILES string of the molecule is C1=CC(c2cccnn2)CN=N1. The predicted molar refractivity (Wildman–Crippen MR) is 43.6 cm³/mol. The summed E-state index contributed by atoms with van der Waals surface area (Å²) in [4.78, 5) is 0. The molecule has 0 saturated heterocycles. The number of hydrogen-bond donors (Lipinski definition) is 0. The minimum atomic E-state index is 0.246. The van der Waals surface area contributed by atoms with E-state index < -0.39 is 0 Å². The van der Waals surface area contributed by atoms with E-state index in [1.54, 1.807) is 12.4 Å². The van der Waals surface area contributed by atoms with E-state index in [-0.39, 0.29) is 5.92 Å². The monoisotopic (exact) mass is 160 g/mol. The first-order valence-corrected chi connectivity index (χ1v) is 3.78. The molecule has 0 radical (unpaired) electrons. The van der Waals surface area contributed by atoms with Gasteiger partial charge in [-0.1, -0.05) is 6.08 Å². The first kappa shape index (κ1) is 7.09. The molecule has 60 valence electrons. The Morgan fingerprint density at radius 2 is 2.42 bits per heavy atom. The van der Waals surface area contributed by atoms with E-state index in [4.69, 9.17) is 0 Å². The third-order valence-electron chi connectivity index (χ3n) is 1.72. The van der Waals surface area contributed by atoms with Crippen molar-refractivity contribution in [2.24, 2.45) is 10.2 Å². The number of rotatable bonds is 1. The van der Waals surface area contributed by atoms with Gasteiger partial charge in [0.2, 0.25) is 0 Å². The molecule has 2 rings (SSSR count). The van der Waals surface area contributed by atoms with Crippen LogP contribution < -0.4 is 0 Å². The lowest BCUT2D eigenvalue weighted by Gasteiger charge is -2.08. The largest absolute Gasteiger partial charge is 0.188 e. The summed E-state index contributed by atoms with van der Waals surface area (Å²) in [6, 6.07) is 3.82. The minimum Gasteiger partial charge on any atom is -0.188 e. The highest BCUT2D eigenvalue weighted by Crippen LogP contribution is 2.17. The summed E-state index contributed by atoms with van der Waals surface area (Å²) in [5, 5.41) is 15.5. The fourth-order valence-electron chi connectivity index (χ4n) is 1.09. The Morgan fingerprint density at radius 3 is 3.08 bits per heavy atom. The number of aromatic nitrogens is 2. The minimum absolute atomic E-state index is 0.246. The van der Waals surface area contributed by atoms with Gasteiger partial charge in [0, 0.05) is 18.3 Å². The summed E-state index contributed by atoms with van der Waals surface area (Å²) < 4.78 is 0. The van der Waals surface area contributed by atoms with Crippen LogP contribution in [0.2, 0.25) is 0 Å². The maximum absolute atomic E-state index is 4.00. The molecule has 4 nitrogen and oxygen atoms in total. The first-order valence-electron chi connectivity index (χ1n) is 3.78. The molecule has 0 fully saturated rings. The average Bonchev–Trinajstić information content (AvgIpc) is 2.21. The average molecular weight is 160 g/mol. The molecule has 0 aliphatic carbocycles. The molecule has 1 aromatic heterocycles. The highest BCUT2D eigenvalue weighted by atomic mass is 15.1. The van der Waals surface area contributed by atoms with Crippen LogP contribution >= 0.6 is 0 Å². The standard InChI is InChI=1S/C8H8N4/c1-2-8(12-10-4-1)7-3-5-9-11-6-7/h1-5,7H,6H2. The van der Waals surface area contributed by atoms with Gasteiger partial charge in [-0.15, -0.1) is 0 Å². The molecule has 4 heteroatoms. The lowest BCUT2D eigenvalue weighted by atomic mass is 10.1. The fourth-order valence-corrected chi connectivity index (χ4v) is 1.09. The van der Waals surface area contributed by atoms with Crippen LogP contribution in [-0.2, 0) is 0 Å². The maximum atomic E-state index is 4.00. The van der Waals surface area contributed by atoms with Gasteiger partial charge in [0.1, 0.15) is 0 Å². The van der Waals surface area contributed by atoms with E-state index in [1.807, 2.05) is 18.2 Å². The van der Waals surface area contributed by atoms with Crippen molar-refractivity contribution in [1.82, 2.24) is 10.2 Å². The van der Waals surface area contributed by atoms with Crippen molar-refractivity contribution >= 4 is 0 Å². The van der Waals surface area contributed by atoms with Gasteiger partial charge in [-0.2, -0.15) is 20.4 Å². The van der Waals surface area contributed by atoms with Crippen LogP contribution in [-0.4, -0.2) is 16.7 Å². The van der Waals surface area contributed by atoms with Crippen LogP contribution in [0.3, 0.4) is 0 Å². The van der Waals surface area contributed by atoms with Crippen molar-refractivity contribution in [3.63, 3.8) is 0 Å². The molecule has 1 aliphatic rings. The Hall–Kier alpha value is -1.58. The lowest BCUT2D eigenvalue weighted by Crippen LogP contribution is -2.04. The maximum Gasteiger partial charge on any atom is 0.0723 e. The number of nitrogens with zero attached hydrogens (tertiary/aromatic N) is 4.